The standard InChI is InChI=1S/C19H32N4O.3ClH/c1-17(20)8-9-19(24)21-10-5-11-22-12-14-23(15-13-22)16-18-6-3-2-4-7-18;;;/h2-4,6-7,17H,5,8-16,20H2,1H3,(H,21,24);3*1H. The molecule has 1 saturated heterocycles. The number of nitrogens with one attached hydrogen (secondary N) is 1. The molecular weight excluding hydrogens is 407 g/mol. The van der Waals surface area contributed by atoms with E-state index in [1.54, 1.807) is 0 Å². The average Bonchev–Trinajstić information content (AvgIpc) is 2.59. The van der Waals surface area contributed by atoms with Crippen LogP contribution in [0.25, 0.3) is 0 Å². The van der Waals surface area contributed by atoms with Crippen molar-refractivity contribution in [3.63, 3.8) is 0 Å². The highest BCUT2D eigenvalue weighted by Gasteiger charge is 2.16. The number of nitrogens with zero attached hydrogens (tertiary/aromatic N) is 2. The minimum absolute atomic E-state index is 0. The Morgan fingerprint density at radius 2 is 1.67 bits per heavy atom. The second-order valence-corrected chi connectivity index (χ2v) is 6.82. The SMILES string of the molecule is CC(N)CCC(=O)NCCCN1CCN(Cc2ccccc2)CC1.Cl.Cl.Cl. The number of benzene rings is 1. The Morgan fingerprint density at radius 3 is 2.26 bits per heavy atom. The van der Waals surface area contributed by atoms with E-state index in [0.717, 1.165) is 58.7 Å². The van der Waals surface area contributed by atoms with Crippen molar-refractivity contribution >= 4 is 43.1 Å². The molecule has 3 N–H and O–H groups in total. The van der Waals surface area contributed by atoms with Gasteiger partial charge in [-0.3, -0.25) is 9.69 Å². The van der Waals surface area contributed by atoms with Crippen LogP contribution in [0.15, 0.2) is 30.3 Å². The highest BCUT2D eigenvalue weighted by atomic mass is 35.5. The van der Waals surface area contributed by atoms with E-state index in [1.165, 1.54) is 5.56 Å². The number of rotatable bonds is 9. The third kappa shape index (κ3) is 12.5. The quantitative estimate of drug-likeness (QED) is 0.578. The maximum Gasteiger partial charge on any atom is 0.220 e. The minimum Gasteiger partial charge on any atom is -0.356 e. The number of hydrogen-bond donors (Lipinski definition) is 2. The van der Waals surface area contributed by atoms with Crippen LogP contribution in [0.1, 0.15) is 31.7 Å². The Balaban J connectivity index is 0. The Morgan fingerprint density at radius 1 is 1.07 bits per heavy atom. The normalized spacial score (nSPS) is 15.6. The van der Waals surface area contributed by atoms with Crippen molar-refractivity contribution < 1.29 is 4.79 Å². The van der Waals surface area contributed by atoms with E-state index in [9.17, 15) is 4.79 Å². The lowest BCUT2D eigenvalue weighted by Crippen LogP contribution is -2.46. The molecule has 1 unspecified atom stereocenters. The fraction of sp³-hybridized carbons (Fsp3) is 0.632. The highest BCUT2D eigenvalue weighted by Crippen LogP contribution is 2.08. The monoisotopic (exact) mass is 440 g/mol. The highest BCUT2D eigenvalue weighted by molar-refractivity contribution is 5.86. The van der Waals surface area contributed by atoms with Crippen molar-refractivity contribution in [1.29, 1.82) is 0 Å². The van der Waals surface area contributed by atoms with Crippen LogP contribution in [0.3, 0.4) is 0 Å². The van der Waals surface area contributed by atoms with Crippen LogP contribution in [0, 0.1) is 0 Å². The van der Waals surface area contributed by atoms with Gasteiger partial charge in [-0.05, 0) is 31.9 Å². The van der Waals surface area contributed by atoms with Crippen LogP contribution in [-0.4, -0.2) is 61.0 Å². The number of amides is 1. The topological polar surface area (TPSA) is 61.6 Å². The number of halogens is 3. The average molecular weight is 442 g/mol. The van der Waals surface area contributed by atoms with Crippen LogP contribution >= 0.6 is 37.2 Å². The van der Waals surface area contributed by atoms with E-state index in [-0.39, 0.29) is 49.2 Å². The third-order valence-corrected chi connectivity index (χ3v) is 4.51. The summed E-state index contributed by atoms with van der Waals surface area (Å²) in [5, 5.41) is 2.99. The second kappa shape index (κ2) is 16.4. The molecule has 2 rings (SSSR count). The van der Waals surface area contributed by atoms with E-state index < -0.39 is 0 Å². The number of hydrogen-bond acceptors (Lipinski definition) is 4. The predicted molar refractivity (Wildman–Crippen MR) is 120 cm³/mol. The van der Waals surface area contributed by atoms with Gasteiger partial charge < -0.3 is 16.0 Å². The van der Waals surface area contributed by atoms with Gasteiger partial charge in [0, 0.05) is 51.7 Å². The zero-order valence-corrected chi connectivity index (χ0v) is 18.6. The van der Waals surface area contributed by atoms with Crippen LogP contribution in [0.5, 0.6) is 0 Å². The lowest BCUT2D eigenvalue weighted by molar-refractivity contribution is -0.121. The second-order valence-electron chi connectivity index (χ2n) is 6.82. The third-order valence-electron chi connectivity index (χ3n) is 4.51. The summed E-state index contributed by atoms with van der Waals surface area (Å²) in [5.74, 6) is 0.125. The smallest absolute Gasteiger partial charge is 0.220 e. The summed E-state index contributed by atoms with van der Waals surface area (Å²) in [6.45, 7) is 9.28. The Labute approximate surface area is 182 Å². The molecule has 27 heavy (non-hydrogen) atoms. The summed E-state index contributed by atoms with van der Waals surface area (Å²) in [4.78, 5) is 16.6. The molecule has 0 radical (unpaired) electrons. The zero-order valence-electron chi connectivity index (χ0n) is 16.1. The first-order valence-electron chi connectivity index (χ1n) is 9.14. The van der Waals surface area contributed by atoms with Gasteiger partial charge in [-0.15, -0.1) is 37.2 Å². The summed E-state index contributed by atoms with van der Waals surface area (Å²) in [6.07, 6.45) is 2.31. The lowest BCUT2D eigenvalue weighted by atomic mass is 10.2. The van der Waals surface area contributed by atoms with E-state index >= 15 is 0 Å². The molecule has 1 aliphatic rings. The van der Waals surface area contributed by atoms with Crippen molar-refractivity contribution in [1.82, 2.24) is 15.1 Å². The van der Waals surface area contributed by atoms with Gasteiger partial charge in [-0.2, -0.15) is 0 Å². The van der Waals surface area contributed by atoms with Gasteiger partial charge in [0.2, 0.25) is 5.91 Å². The van der Waals surface area contributed by atoms with E-state index in [4.69, 9.17) is 5.73 Å². The molecule has 1 heterocycles. The van der Waals surface area contributed by atoms with E-state index in [0.29, 0.717) is 6.42 Å². The molecule has 8 heteroatoms. The van der Waals surface area contributed by atoms with Crippen molar-refractivity contribution in [2.75, 3.05) is 39.3 Å². The number of nitrogens with two attached hydrogens (primary N) is 1. The molecule has 1 amide bonds. The lowest BCUT2D eigenvalue weighted by Gasteiger charge is -2.34. The minimum atomic E-state index is 0. The maximum absolute atomic E-state index is 11.6. The molecule has 1 aliphatic heterocycles. The maximum atomic E-state index is 11.6. The van der Waals surface area contributed by atoms with Crippen LogP contribution < -0.4 is 11.1 Å². The molecule has 1 aromatic rings. The molecule has 0 aliphatic carbocycles. The molecule has 158 valence electrons. The van der Waals surface area contributed by atoms with Crippen molar-refractivity contribution in [2.45, 2.75) is 38.8 Å². The van der Waals surface area contributed by atoms with Crippen LogP contribution in [0.2, 0.25) is 0 Å². The molecular formula is C19H35Cl3N4O. The Hall–Kier alpha value is -0.560. The first kappa shape index (κ1) is 28.6. The van der Waals surface area contributed by atoms with E-state index in [1.807, 2.05) is 6.92 Å². The van der Waals surface area contributed by atoms with Crippen LogP contribution in [0.4, 0.5) is 0 Å². The molecule has 1 aromatic carbocycles. The predicted octanol–water partition coefficient (Wildman–Crippen LogP) is 2.70. The molecule has 0 aromatic heterocycles. The van der Waals surface area contributed by atoms with Gasteiger partial charge in [0.25, 0.3) is 0 Å². The molecule has 0 saturated carbocycles. The fourth-order valence-corrected chi connectivity index (χ4v) is 2.99. The first-order chi connectivity index (χ1) is 11.6. The van der Waals surface area contributed by atoms with Gasteiger partial charge in [0.1, 0.15) is 0 Å². The summed E-state index contributed by atoms with van der Waals surface area (Å²) in [7, 11) is 0. The van der Waals surface area contributed by atoms with Gasteiger partial charge in [0.15, 0.2) is 0 Å². The summed E-state index contributed by atoms with van der Waals surface area (Å²) in [6, 6.07) is 10.8. The molecule has 0 bridgehead atoms. The molecule has 5 nitrogen and oxygen atoms in total. The van der Waals surface area contributed by atoms with Gasteiger partial charge in [-0.25, -0.2) is 0 Å². The summed E-state index contributed by atoms with van der Waals surface area (Å²) < 4.78 is 0. The molecule has 1 atom stereocenters. The zero-order chi connectivity index (χ0) is 17.2. The first-order valence-corrected chi connectivity index (χ1v) is 9.14. The number of carbonyl (C=O) groups is 1. The van der Waals surface area contributed by atoms with Crippen molar-refractivity contribution in [2.24, 2.45) is 5.73 Å². The van der Waals surface area contributed by atoms with Gasteiger partial charge in [0.05, 0.1) is 0 Å². The largest absolute Gasteiger partial charge is 0.356 e. The number of piperazine rings is 1. The van der Waals surface area contributed by atoms with E-state index in [2.05, 4.69) is 45.4 Å². The van der Waals surface area contributed by atoms with Crippen LogP contribution in [-0.2, 0) is 11.3 Å². The van der Waals surface area contributed by atoms with Crippen molar-refractivity contribution in [3.05, 3.63) is 35.9 Å². The Kier molecular flexibility index (Phi) is 17.4. The number of carbonyl (C=O) groups excluding carboxylic acids is 1. The van der Waals surface area contributed by atoms with Gasteiger partial charge in [-0.1, -0.05) is 30.3 Å². The van der Waals surface area contributed by atoms with Gasteiger partial charge >= 0.3 is 0 Å². The summed E-state index contributed by atoms with van der Waals surface area (Å²) >= 11 is 0. The van der Waals surface area contributed by atoms with Crippen molar-refractivity contribution in [3.8, 4) is 0 Å². The molecule has 0 spiro atoms. The fourth-order valence-electron chi connectivity index (χ4n) is 2.99. The summed E-state index contributed by atoms with van der Waals surface area (Å²) in [5.41, 5.74) is 7.05. The Bertz CT molecular complexity index is 483. The molecule has 1 fully saturated rings.